The molecule has 1 rings (SSSR count). The minimum absolute atomic E-state index is 0.00337. The Morgan fingerprint density at radius 2 is 2.17 bits per heavy atom. The molecular formula is C12H15NO5. The molecule has 6 heteroatoms. The third-order valence-electron chi connectivity index (χ3n) is 2.32. The molecule has 0 aromatic heterocycles. The van der Waals surface area contributed by atoms with Gasteiger partial charge in [0.1, 0.15) is 5.75 Å². The summed E-state index contributed by atoms with van der Waals surface area (Å²) in [5.41, 5.74) is 0.454. The molecule has 0 unspecified atom stereocenters. The van der Waals surface area contributed by atoms with Crippen LogP contribution in [0, 0.1) is 17.0 Å². The largest absolute Gasteiger partial charge is 0.492 e. The summed E-state index contributed by atoms with van der Waals surface area (Å²) in [6.45, 7) is 3.80. The molecular weight excluding hydrogens is 238 g/mol. The number of esters is 1. The van der Waals surface area contributed by atoms with Crippen molar-refractivity contribution in [1.82, 2.24) is 0 Å². The number of nitro groups is 1. The maximum Gasteiger partial charge on any atom is 0.309 e. The second-order valence-corrected chi connectivity index (χ2v) is 3.56. The average molecular weight is 253 g/mol. The summed E-state index contributed by atoms with van der Waals surface area (Å²) in [4.78, 5) is 21.3. The highest BCUT2D eigenvalue weighted by atomic mass is 16.6. The summed E-state index contributed by atoms with van der Waals surface area (Å²) in [5, 5.41) is 10.7. The van der Waals surface area contributed by atoms with E-state index in [9.17, 15) is 14.9 Å². The molecule has 0 spiro atoms. The Morgan fingerprint density at radius 3 is 2.78 bits per heavy atom. The van der Waals surface area contributed by atoms with Crippen LogP contribution in [0.3, 0.4) is 0 Å². The van der Waals surface area contributed by atoms with Gasteiger partial charge in [-0.3, -0.25) is 14.9 Å². The molecule has 0 heterocycles. The van der Waals surface area contributed by atoms with Crippen LogP contribution in [-0.4, -0.2) is 24.1 Å². The highest BCUT2D eigenvalue weighted by molar-refractivity contribution is 5.69. The van der Waals surface area contributed by atoms with E-state index in [1.807, 2.05) is 0 Å². The zero-order valence-corrected chi connectivity index (χ0v) is 10.3. The minimum Gasteiger partial charge on any atom is -0.492 e. The summed E-state index contributed by atoms with van der Waals surface area (Å²) in [6.07, 6.45) is 0.121. The minimum atomic E-state index is -0.465. The Balaban J connectivity index is 2.60. The van der Waals surface area contributed by atoms with Crippen molar-refractivity contribution in [3.63, 3.8) is 0 Å². The summed E-state index contributed by atoms with van der Waals surface area (Å²) in [7, 11) is 0. The maximum atomic E-state index is 11.1. The van der Waals surface area contributed by atoms with Gasteiger partial charge >= 0.3 is 5.97 Å². The van der Waals surface area contributed by atoms with Crippen molar-refractivity contribution in [1.29, 1.82) is 0 Å². The van der Waals surface area contributed by atoms with Gasteiger partial charge in [0.05, 0.1) is 30.1 Å². The molecule has 0 fully saturated rings. The molecule has 6 nitrogen and oxygen atoms in total. The number of nitrogens with zero attached hydrogens (tertiary/aromatic N) is 1. The van der Waals surface area contributed by atoms with Crippen LogP contribution in [0.4, 0.5) is 5.69 Å². The van der Waals surface area contributed by atoms with E-state index in [0.717, 1.165) is 0 Å². The van der Waals surface area contributed by atoms with Crippen LogP contribution >= 0.6 is 0 Å². The third kappa shape index (κ3) is 3.73. The highest BCUT2D eigenvalue weighted by Gasteiger charge is 2.14. The van der Waals surface area contributed by atoms with Crippen LogP contribution in [0.15, 0.2) is 18.2 Å². The first-order valence-corrected chi connectivity index (χ1v) is 5.58. The average Bonchev–Trinajstić information content (AvgIpc) is 2.31. The molecule has 0 N–H and O–H groups in total. The molecule has 0 atom stereocenters. The molecule has 0 radical (unpaired) electrons. The van der Waals surface area contributed by atoms with E-state index >= 15 is 0 Å². The zero-order valence-electron chi connectivity index (χ0n) is 10.3. The first-order valence-electron chi connectivity index (χ1n) is 5.58. The number of hydrogen-bond acceptors (Lipinski definition) is 5. The van der Waals surface area contributed by atoms with Crippen molar-refractivity contribution in [2.24, 2.45) is 0 Å². The monoisotopic (exact) mass is 253 g/mol. The van der Waals surface area contributed by atoms with Gasteiger partial charge in [-0.25, -0.2) is 0 Å². The lowest BCUT2D eigenvalue weighted by Gasteiger charge is -2.08. The lowest BCUT2D eigenvalue weighted by atomic mass is 10.2. The molecule has 18 heavy (non-hydrogen) atoms. The van der Waals surface area contributed by atoms with Crippen molar-refractivity contribution >= 4 is 11.7 Å². The number of rotatable bonds is 6. The molecule has 0 amide bonds. The van der Waals surface area contributed by atoms with E-state index in [4.69, 9.17) is 9.47 Å². The van der Waals surface area contributed by atoms with Gasteiger partial charge in [-0.2, -0.15) is 0 Å². The Labute approximate surface area is 105 Å². The van der Waals surface area contributed by atoms with E-state index in [-0.39, 0.29) is 24.7 Å². The molecule has 1 aromatic rings. The molecule has 0 saturated heterocycles. The fourth-order valence-corrected chi connectivity index (χ4v) is 1.43. The van der Waals surface area contributed by atoms with Crippen molar-refractivity contribution < 1.29 is 19.2 Å². The lowest BCUT2D eigenvalue weighted by Crippen LogP contribution is -2.10. The first kappa shape index (κ1) is 14.0. The van der Waals surface area contributed by atoms with Crippen LogP contribution in [-0.2, 0) is 9.53 Å². The highest BCUT2D eigenvalue weighted by Crippen LogP contribution is 2.26. The number of nitro benzene ring substituents is 1. The van der Waals surface area contributed by atoms with Crippen molar-refractivity contribution in [2.45, 2.75) is 20.3 Å². The Bertz CT molecular complexity index is 444. The quantitative estimate of drug-likeness (QED) is 0.441. The maximum absolute atomic E-state index is 11.1. The molecule has 0 saturated carbocycles. The van der Waals surface area contributed by atoms with Crippen molar-refractivity contribution in [3.05, 3.63) is 33.9 Å². The Kier molecular flexibility index (Phi) is 5.10. The van der Waals surface area contributed by atoms with Crippen molar-refractivity contribution in [3.8, 4) is 5.75 Å². The van der Waals surface area contributed by atoms with Gasteiger partial charge in [0.15, 0.2) is 0 Å². The normalized spacial score (nSPS) is 9.89. The van der Waals surface area contributed by atoms with Gasteiger partial charge in [-0.15, -0.1) is 0 Å². The first-order chi connectivity index (χ1) is 8.56. The fourth-order valence-electron chi connectivity index (χ4n) is 1.43. The van der Waals surface area contributed by atoms with Gasteiger partial charge in [0.2, 0.25) is 0 Å². The summed E-state index contributed by atoms with van der Waals surface area (Å²) in [6, 6.07) is 4.59. The standard InChI is InChI=1S/C12H15NO5/c1-3-17-12(14)7-8-18-11-6-4-5-10(9(11)2)13(15)16/h4-6H,3,7-8H2,1-2H3. The Hall–Kier alpha value is -2.11. The summed E-state index contributed by atoms with van der Waals surface area (Å²) in [5.74, 6) is 0.0640. The molecule has 1 aromatic carbocycles. The van der Waals surface area contributed by atoms with E-state index < -0.39 is 4.92 Å². The second-order valence-electron chi connectivity index (χ2n) is 3.56. The van der Waals surface area contributed by atoms with Crippen LogP contribution in [0.1, 0.15) is 18.9 Å². The third-order valence-corrected chi connectivity index (χ3v) is 2.32. The van der Waals surface area contributed by atoms with Crippen LogP contribution in [0.2, 0.25) is 0 Å². The van der Waals surface area contributed by atoms with Gasteiger partial charge in [0, 0.05) is 6.07 Å². The number of hydrogen-bond donors (Lipinski definition) is 0. The van der Waals surface area contributed by atoms with Crippen molar-refractivity contribution in [2.75, 3.05) is 13.2 Å². The van der Waals surface area contributed by atoms with E-state index in [0.29, 0.717) is 17.9 Å². The Morgan fingerprint density at radius 1 is 1.44 bits per heavy atom. The molecule has 0 bridgehead atoms. The fraction of sp³-hybridized carbons (Fsp3) is 0.417. The summed E-state index contributed by atoms with van der Waals surface area (Å²) < 4.78 is 10.1. The number of carbonyl (C=O) groups excluding carboxylic acids is 1. The van der Waals surface area contributed by atoms with E-state index in [1.165, 1.54) is 6.07 Å². The van der Waals surface area contributed by atoms with Crippen LogP contribution < -0.4 is 4.74 Å². The van der Waals surface area contributed by atoms with Gasteiger partial charge < -0.3 is 9.47 Å². The second kappa shape index (κ2) is 6.58. The predicted molar refractivity (Wildman–Crippen MR) is 64.6 cm³/mol. The number of benzene rings is 1. The molecule has 98 valence electrons. The van der Waals surface area contributed by atoms with Crippen LogP contribution in [0.5, 0.6) is 5.75 Å². The smallest absolute Gasteiger partial charge is 0.309 e. The van der Waals surface area contributed by atoms with Crippen LogP contribution in [0.25, 0.3) is 0 Å². The van der Waals surface area contributed by atoms with Gasteiger partial charge in [-0.05, 0) is 19.9 Å². The molecule has 0 aliphatic rings. The van der Waals surface area contributed by atoms with E-state index in [1.54, 1.807) is 26.0 Å². The van der Waals surface area contributed by atoms with E-state index in [2.05, 4.69) is 0 Å². The molecule has 0 aliphatic heterocycles. The number of carbonyl (C=O) groups is 1. The molecule has 0 aliphatic carbocycles. The topological polar surface area (TPSA) is 78.7 Å². The van der Waals surface area contributed by atoms with Gasteiger partial charge in [-0.1, -0.05) is 6.07 Å². The SMILES string of the molecule is CCOC(=O)CCOc1cccc([N+](=O)[O-])c1C. The predicted octanol–water partition coefficient (Wildman–Crippen LogP) is 2.24. The summed E-state index contributed by atoms with van der Waals surface area (Å²) >= 11 is 0. The lowest BCUT2D eigenvalue weighted by molar-refractivity contribution is -0.385. The zero-order chi connectivity index (χ0) is 13.5. The van der Waals surface area contributed by atoms with Gasteiger partial charge in [0.25, 0.3) is 5.69 Å². The number of ether oxygens (including phenoxy) is 2.